The highest BCUT2D eigenvalue weighted by Crippen LogP contribution is 2.52. The van der Waals surface area contributed by atoms with E-state index >= 15 is 0 Å². The smallest absolute Gasteiger partial charge is 0.326 e. The van der Waals surface area contributed by atoms with Crippen molar-refractivity contribution in [3.05, 3.63) is 42.0 Å². The monoisotopic (exact) mass is 369 g/mol. The Hall–Kier alpha value is -2.96. The van der Waals surface area contributed by atoms with Crippen molar-refractivity contribution < 1.29 is 28.7 Å². The SMILES string of the molecule is COc1cccc(C(=O)COC(=O)CN2C(=O)C3C4C=CC(C4)C3C2=O)c1. The molecule has 1 saturated heterocycles. The van der Waals surface area contributed by atoms with Crippen LogP contribution < -0.4 is 4.74 Å². The number of esters is 1. The lowest BCUT2D eigenvalue weighted by Gasteiger charge is -2.16. The third kappa shape index (κ3) is 2.93. The number of imide groups is 1. The third-order valence-corrected chi connectivity index (χ3v) is 5.60. The Morgan fingerprint density at radius 3 is 2.41 bits per heavy atom. The average molecular weight is 369 g/mol. The second-order valence-electron chi connectivity index (χ2n) is 7.08. The first-order chi connectivity index (χ1) is 13.0. The maximum atomic E-state index is 12.5. The summed E-state index contributed by atoms with van der Waals surface area (Å²) in [5, 5.41) is 0. The fourth-order valence-electron chi connectivity index (χ4n) is 4.32. The topological polar surface area (TPSA) is 90.0 Å². The Balaban J connectivity index is 1.34. The van der Waals surface area contributed by atoms with E-state index in [0.29, 0.717) is 11.3 Å². The lowest BCUT2D eigenvalue weighted by Crippen LogP contribution is -2.38. The molecule has 1 aromatic carbocycles. The molecule has 2 amide bonds. The number of hydrogen-bond donors (Lipinski definition) is 0. The lowest BCUT2D eigenvalue weighted by atomic mass is 9.85. The van der Waals surface area contributed by atoms with Gasteiger partial charge in [-0.1, -0.05) is 24.3 Å². The van der Waals surface area contributed by atoms with Gasteiger partial charge in [0, 0.05) is 5.56 Å². The maximum absolute atomic E-state index is 12.5. The zero-order chi connectivity index (χ0) is 19.1. The van der Waals surface area contributed by atoms with E-state index < -0.39 is 19.1 Å². The van der Waals surface area contributed by atoms with Gasteiger partial charge in [-0.15, -0.1) is 0 Å². The molecule has 1 saturated carbocycles. The summed E-state index contributed by atoms with van der Waals surface area (Å²) in [7, 11) is 1.49. The number of methoxy groups -OCH3 is 1. The molecule has 0 spiro atoms. The van der Waals surface area contributed by atoms with Crippen molar-refractivity contribution in [2.45, 2.75) is 6.42 Å². The summed E-state index contributed by atoms with van der Waals surface area (Å²) in [6.07, 6.45) is 4.82. The zero-order valence-electron chi connectivity index (χ0n) is 14.8. The average Bonchev–Trinajstić information content (AvgIpc) is 3.36. The van der Waals surface area contributed by atoms with Gasteiger partial charge < -0.3 is 9.47 Å². The number of Topliss-reactive ketones (excluding diaryl/α,β-unsaturated/α-hetero) is 1. The van der Waals surface area contributed by atoms with E-state index in [1.54, 1.807) is 24.3 Å². The van der Waals surface area contributed by atoms with E-state index in [9.17, 15) is 19.2 Å². The molecule has 2 fully saturated rings. The Morgan fingerprint density at radius 1 is 1.11 bits per heavy atom. The molecular formula is C20H19NO6. The zero-order valence-corrected chi connectivity index (χ0v) is 14.8. The van der Waals surface area contributed by atoms with Crippen LogP contribution in [0.2, 0.25) is 0 Å². The number of allylic oxidation sites excluding steroid dienone is 2. The van der Waals surface area contributed by atoms with E-state index in [1.165, 1.54) is 7.11 Å². The molecule has 0 radical (unpaired) electrons. The Kier molecular flexibility index (Phi) is 4.30. The minimum absolute atomic E-state index is 0.0899. The van der Waals surface area contributed by atoms with Crippen molar-refractivity contribution in [3.8, 4) is 5.75 Å². The number of amides is 2. The Labute approximate surface area is 155 Å². The van der Waals surface area contributed by atoms with E-state index in [0.717, 1.165) is 11.3 Å². The summed E-state index contributed by atoms with van der Waals surface area (Å²) in [4.78, 5) is 50.3. The molecule has 7 nitrogen and oxygen atoms in total. The molecule has 4 atom stereocenters. The van der Waals surface area contributed by atoms with E-state index in [4.69, 9.17) is 9.47 Å². The van der Waals surface area contributed by atoms with Gasteiger partial charge in [-0.05, 0) is 30.4 Å². The normalized spacial score (nSPS) is 27.8. The molecule has 140 valence electrons. The minimum Gasteiger partial charge on any atom is -0.497 e. The molecule has 7 heteroatoms. The van der Waals surface area contributed by atoms with Gasteiger partial charge >= 0.3 is 5.97 Å². The highest BCUT2D eigenvalue weighted by Gasteiger charge is 2.59. The van der Waals surface area contributed by atoms with Crippen LogP contribution >= 0.6 is 0 Å². The number of likely N-dealkylation sites (tertiary alicyclic amines) is 1. The molecule has 3 aliphatic rings. The highest BCUT2D eigenvalue weighted by molar-refractivity contribution is 6.08. The fraction of sp³-hybridized carbons (Fsp3) is 0.400. The second-order valence-corrected chi connectivity index (χ2v) is 7.08. The number of rotatable bonds is 6. The molecule has 1 heterocycles. The Morgan fingerprint density at radius 2 is 1.78 bits per heavy atom. The van der Waals surface area contributed by atoms with Crippen LogP contribution in [0.25, 0.3) is 0 Å². The number of hydrogen-bond acceptors (Lipinski definition) is 6. The second kappa shape index (κ2) is 6.64. The van der Waals surface area contributed by atoms with Crippen LogP contribution in [0.1, 0.15) is 16.8 Å². The minimum atomic E-state index is -0.770. The first-order valence-electron chi connectivity index (χ1n) is 8.86. The van der Waals surface area contributed by atoms with Crippen molar-refractivity contribution in [2.24, 2.45) is 23.7 Å². The number of carbonyl (C=O) groups excluding carboxylic acids is 4. The number of ketones is 1. The third-order valence-electron chi connectivity index (χ3n) is 5.60. The van der Waals surface area contributed by atoms with Crippen molar-refractivity contribution in [1.29, 1.82) is 0 Å². The lowest BCUT2D eigenvalue weighted by molar-refractivity contribution is -0.152. The molecule has 2 aliphatic carbocycles. The summed E-state index contributed by atoms with van der Waals surface area (Å²) >= 11 is 0. The summed E-state index contributed by atoms with van der Waals surface area (Å²) in [5.74, 6) is -1.77. The van der Waals surface area contributed by atoms with Crippen molar-refractivity contribution in [3.63, 3.8) is 0 Å². The van der Waals surface area contributed by atoms with Crippen molar-refractivity contribution in [1.82, 2.24) is 4.90 Å². The predicted molar refractivity (Wildman–Crippen MR) is 92.7 cm³/mol. The van der Waals surface area contributed by atoms with Gasteiger partial charge in [-0.2, -0.15) is 0 Å². The first kappa shape index (κ1) is 17.5. The fourth-order valence-corrected chi connectivity index (χ4v) is 4.32. The molecule has 0 aromatic heterocycles. The van der Waals surface area contributed by atoms with Crippen LogP contribution in [-0.4, -0.2) is 48.7 Å². The van der Waals surface area contributed by atoms with E-state index in [1.807, 2.05) is 12.2 Å². The summed E-state index contributed by atoms with van der Waals surface area (Å²) in [6, 6.07) is 6.51. The maximum Gasteiger partial charge on any atom is 0.326 e. The molecule has 4 unspecified atom stereocenters. The van der Waals surface area contributed by atoms with Crippen LogP contribution in [0.4, 0.5) is 0 Å². The standard InChI is InChI=1S/C20H19NO6/c1-26-14-4-2-3-11(8-14)15(22)10-27-16(23)9-21-19(24)17-12-5-6-13(7-12)18(17)20(21)25/h2-6,8,12-13,17-18H,7,9-10H2,1H3. The highest BCUT2D eigenvalue weighted by atomic mass is 16.5. The van der Waals surface area contributed by atoms with Crippen molar-refractivity contribution >= 4 is 23.6 Å². The molecular weight excluding hydrogens is 350 g/mol. The van der Waals surface area contributed by atoms with Crippen LogP contribution in [0.15, 0.2) is 36.4 Å². The van der Waals surface area contributed by atoms with Crippen molar-refractivity contribution in [2.75, 3.05) is 20.3 Å². The van der Waals surface area contributed by atoms with Gasteiger partial charge in [0.2, 0.25) is 11.8 Å². The Bertz CT molecular complexity index is 830. The number of benzene rings is 1. The molecule has 1 aromatic rings. The molecule has 1 aliphatic heterocycles. The molecule has 27 heavy (non-hydrogen) atoms. The number of carbonyl (C=O) groups is 4. The van der Waals surface area contributed by atoms with Gasteiger partial charge in [0.05, 0.1) is 18.9 Å². The predicted octanol–water partition coefficient (Wildman–Crippen LogP) is 1.23. The quantitative estimate of drug-likeness (QED) is 0.324. The van der Waals surface area contributed by atoms with E-state index in [2.05, 4.69) is 0 Å². The number of nitrogens with zero attached hydrogens (tertiary/aromatic N) is 1. The van der Waals surface area contributed by atoms with Crippen LogP contribution in [0.3, 0.4) is 0 Å². The van der Waals surface area contributed by atoms with Crippen LogP contribution in [0.5, 0.6) is 5.75 Å². The van der Waals surface area contributed by atoms with Gasteiger partial charge in [0.15, 0.2) is 12.4 Å². The molecule has 2 bridgehead atoms. The summed E-state index contributed by atoms with van der Waals surface area (Å²) in [6.45, 7) is -0.905. The van der Waals surface area contributed by atoms with Crippen LogP contribution in [0, 0.1) is 23.7 Å². The summed E-state index contributed by atoms with van der Waals surface area (Å²) in [5.41, 5.74) is 0.354. The van der Waals surface area contributed by atoms with Crippen LogP contribution in [-0.2, 0) is 19.1 Å². The molecule has 0 N–H and O–H groups in total. The number of fused-ring (bicyclic) bond motifs is 5. The first-order valence-corrected chi connectivity index (χ1v) is 8.86. The van der Waals surface area contributed by atoms with Gasteiger partial charge in [-0.25, -0.2) is 0 Å². The summed E-state index contributed by atoms with van der Waals surface area (Å²) < 4.78 is 10.0. The largest absolute Gasteiger partial charge is 0.497 e. The van der Waals surface area contributed by atoms with Gasteiger partial charge in [0.25, 0.3) is 0 Å². The van der Waals surface area contributed by atoms with Gasteiger partial charge in [-0.3, -0.25) is 24.1 Å². The molecule has 4 rings (SSSR count). The van der Waals surface area contributed by atoms with E-state index in [-0.39, 0.29) is 41.3 Å². The number of ether oxygens (including phenoxy) is 2. The van der Waals surface area contributed by atoms with Gasteiger partial charge in [0.1, 0.15) is 12.3 Å².